The molecule has 45 heavy (non-hydrogen) atoms. The molecule has 0 saturated heterocycles. The number of thiazole rings is 1. The van der Waals surface area contributed by atoms with Crippen molar-refractivity contribution in [1.82, 2.24) is 24.1 Å². The van der Waals surface area contributed by atoms with E-state index >= 15 is 0 Å². The van der Waals surface area contributed by atoms with Gasteiger partial charge in [-0.1, -0.05) is 0 Å². The summed E-state index contributed by atoms with van der Waals surface area (Å²) in [5.74, 6) is -0.675. The van der Waals surface area contributed by atoms with Gasteiger partial charge < -0.3 is 0 Å². The summed E-state index contributed by atoms with van der Waals surface area (Å²) in [7, 11) is 0. The molecule has 3 aromatic carbocycles. The average Bonchev–Trinajstić information content (AvgIpc) is 3.66. The fraction of sp³-hybridized carbons (Fsp3) is 0.250. The monoisotopic (exact) mass is 740 g/mol. The molecule has 13 heteroatoms. The molecule has 2 amide bonds. The number of amides is 2. The molecule has 0 aliphatic rings. The van der Waals surface area contributed by atoms with E-state index in [-0.39, 0.29) is 9.70 Å². The summed E-state index contributed by atoms with van der Waals surface area (Å²) in [6.45, 7) is 0.461. The van der Waals surface area contributed by atoms with Crippen LogP contribution in [0.3, 0.4) is 0 Å². The van der Waals surface area contributed by atoms with E-state index in [1.54, 1.807) is 0 Å². The van der Waals surface area contributed by atoms with Crippen molar-refractivity contribution in [3.8, 4) is 0 Å². The first-order valence-electron chi connectivity index (χ1n) is 14.5. The normalized spacial score (nSPS) is 13.1. The average molecular weight is 741 g/mol. The molecular formula is C32H37IN8O3S. The van der Waals surface area contributed by atoms with Gasteiger partial charge in [-0.2, -0.15) is 0 Å². The van der Waals surface area contributed by atoms with Crippen molar-refractivity contribution in [1.29, 1.82) is 0 Å². The number of alkyl halides is 1. The molecule has 5 aromatic rings. The third-order valence-corrected chi connectivity index (χ3v) is 12.5. The first-order chi connectivity index (χ1) is 21.8. The van der Waals surface area contributed by atoms with Crippen molar-refractivity contribution in [2.75, 3.05) is 6.54 Å². The number of Topliss-reactive ketones (excluding diaryl/α,β-unsaturated/α-hetero) is 1. The van der Waals surface area contributed by atoms with Crippen LogP contribution >= 0.6 is 31.4 Å². The van der Waals surface area contributed by atoms with E-state index in [4.69, 9.17) is 17.2 Å². The molecule has 5 rings (SSSR count). The molecule has 2 heterocycles. The molecule has 0 fully saturated rings. The van der Waals surface area contributed by atoms with Gasteiger partial charge in [0.05, 0.1) is 0 Å². The Labute approximate surface area is 272 Å². The number of nitrogens with zero attached hydrogens (tertiary/aromatic N) is 1. The quantitative estimate of drug-likeness (QED) is 0.0123. The number of aromatic amines is 1. The van der Waals surface area contributed by atoms with Gasteiger partial charge in [0.1, 0.15) is 0 Å². The predicted octanol–water partition coefficient (Wildman–Crippen LogP) is 3.92. The number of H-pyrrole nitrogens is 1. The van der Waals surface area contributed by atoms with Crippen LogP contribution in [-0.4, -0.2) is 50.5 Å². The predicted molar refractivity (Wildman–Crippen MR) is 188 cm³/mol. The number of fused-ring (bicyclic) bond motifs is 2. The number of nitrogens with one attached hydrogen (secondary N) is 4. The number of carbonyl (C=O) groups is 3. The number of halogens is 1. The van der Waals surface area contributed by atoms with Gasteiger partial charge in [0.2, 0.25) is 0 Å². The van der Waals surface area contributed by atoms with Crippen LogP contribution in [0.4, 0.5) is 4.79 Å². The first kappa shape index (κ1) is 32.7. The fourth-order valence-corrected chi connectivity index (χ4v) is 9.77. The Hall–Kier alpha value is -3.73. The van der Waals surface area contributed by atoms with Crippen molar-refractivity contribution >= 4 is 68.2 Å². The Morgan fingerprint density at radius 1 is 0.933 bits per heavy atom. The van der Waals surface area contributed by atoms with Crippen LogP contribution in [0, 0.1) is 0 Å². The van der Waals surface area contributed by atoms with Gasteiger partial charge in [0, 0.05) is 0 Å². The summed E-state index contributed by atoms with van der Waals surface area (Å²) in [5, 5.41) is 7.23. The molecule has 0 bridgehead atoms. The fourth-order valence-electron chi connectivity index (χ4n) is 4.84. The molecule has 0 saturated carbocycles. The van der Waals surface area contributed by atoms with E-state index in [1.165, 1.54) is 11.3 Å². The molecule has 236 valence electrons. The minimum absolute atomic E-state index is 0.278. The van der Waals surface area contributed by atoms with Crippen LogP contribution in [-0.2, 0) is 15.6 Å². The van der Waals surface area contributed by atoms with Crippen molar-refractivity contribution < 1.29 is 14.4 Å². The Kier molecular flexibility index (Phi) is 11.3. The Balaban J connectivity index is 1.33. The Morgan fingerprint density at radius 2 is 1.67 bits per heavy atom. The third-order valence-electron chi connectivity index (χ3n) is 7.16. The molecule has 0 radical (unpaired) electrons. The van der Waals surface area contributed by atoms with Crippen LogP contribution in [0.25, 0.3) is 21.1 Å². The molecule has 0 spiro atoms. The van der Waals surface area contributed by atoms with Crippen LogP contribution < -0.4 is 31.4 Å². The van der Waals surface area contributed by atoms with E-state index in [0.29, 0.717) is 35.2 Å². The van der Waals surface area contributed by atoms with Gasteiger partial charge in [-0.05, 0) is 0 Å². The molecule has 0 unspecified atom stereocenters. The SMILES string of the molecule is NC(N)NCCC[C@H](NC(=O)I(Cc1ccccc1)NC(=O)[C@H](N)Cc1c[nH]c2ccccc12)C(=O)c1nc2ccccc2s1. The summed E-state index contributed by atoms with van der Waals surface area (Å²) in [5.41, 5.74) is 21.1. The van der Waals surface area contributed by atoms with Crippen molar-refractivity contribution in [2.24, 2.45) is 17.2 Å². The van der Waals surface area contributed by atoms with Crippen LogP contribution in [0.1, 0.15) is 33.8 Å². The number of hydrogen-bond acceptors (Lipinski definition) is 9. The van der Waals surface area contributed by atoms with Crippen LogP contribution in [0.15, 0.2) is 85.1 Å². The number of hydrogen-bond donors (Lipinski definition) is 7. The van der Waals surface area contributed by atoms with E-state index in [1.807, 2.05) is 85.1 Å². The first-order valence-corrected chi connectivity index (χ1v) is 19.0. The number of carbonyl (C=O) groups excluding carboxylic acids is 3. The molecule has 2 aromatic heterocycles. The van der Waals surface area contributed by atoms with Crippen LogP contribution in [0.2, 0.25) is 0 Å². The Morgan fingerprint density at radius 3 is 2.44 bits per heavy atom. The molecule has 0 aliphatic heterocycles. The summed E-state index contributed by atoms with van der Waals surface area (Å²) >= 11 is -1.69. The van der Waals surface area contributed by atoms with Gasteiger partial charge in [0.25, 0.3) is 0 Å². The maximum absolute atomic E-state index is 13.9. The Bertz CT molecular complexity index is 1730. The maximum atomic E-state index is 13.9. The van der Waals surface area contributed by atoms with Crippen molar-refractivity contribution in [3.05, 3.63) is 101 Å². The molecule has 10 N–H and O–H groups in total. The van der Waals surface area contributed by atoms with E-state index < -0.39 is 44.4 Å². The number of ketones is 1. The zero-order valence-electron chi connectivity index (χ0n) is 24.5. The van der Waals surface area contributed by atoms with Crippen LogP contribution in [0.5, 0.6) is 0 Å². The molecule has 11 nitrogen and oxygen atoms in total. The molecular weight excluding hydrogens is 703 g/mol. The number of para-hydroxylation sites is 2. The second-order valence-corrected chi connectivity index (χ2v) is 15.9. The van der Waals surface area contributed by atoms with E-state index in [2.05, 4.69) is 24.1 Å². The van der Waals surface area contributed by atoms with E-state index in [0.717, 1.165) is 32.2 Å². The second kappa shape index (κ2) is 15.5. The minimum atomic E-state index is -2.98. The summed E-state index contributed by atoms with van der Waals surface area (Å²) < 4.78 is 3.93. The van der Waals surface area contributed by atoms with Gasteiger partial charge >= 0.3 is 274 Å². The topological polar surface area (TPSA) is 194 Å². The van der Waals surface area contributed by atoms with Gasteiger partial charge in [-0.15, -0.1) is 0 Å². The standard InChI is InChI=1S/C32H37IN8O3S/c34-23(17-21-19-38-24-12-5-4-11-22(21)24)29(43)41-33(18-20-9-2-1-3-10-20)31(44)40-26(14-8-16-37-32(35)36)28(42)30-39-25-13-6-7-15-27(25)45-30/h1-7,9-13,15,19,23,26,32,37-38H,8,14,16-18,34-36H2,(H,40,44)(H,41,43)/t23-,26+/m1/s1. The number of rotatable bonds is 15. The molecule has 0 aliphatic carbocycles. The zero-order chi connectivity index (χ0) is 31.8. The van der Waals surface area contributed by atoms with Gasteiger partial charge in [0.15, 0.2) is 0 Å². The van der Waals surface area contributed by atoms with Crippen molar-refractivity contribution in [2.45, 2.75) is 42.1 Å². The van der Waals surface area contributed by atoms with Gasteiger partial charge in [-0.25, -0.2) is 0 Å². The van der Waals surface area contributed by atoms with Gasteiger partial charge in [-0.3, -0.25) is 0 Å². The third kappa shape index (κ3) is 8.71. The number of benzene rings is 3. The second-order valence-electron chi connectivity index (χ2n) is 10.6. The van der Waals surface area contributed by atoms with E-state index in [9.17, 15) is 14.4 Å². The summed E-state index contributed by atoms with van der Waals surface area (Å²) in [6, 6.07) is 23.1. The number of nitrogens with two attached hydrogens (primary N) is 3. The summed E-state index contributed by atoms with van der Waals surface area (Å²) in [4.78, 5) is 48.8. The number of aromatic nitrogens is 2. The summed E-state index contributed by atoms with van der Waals surface area (Å²) in [6.07, 6.45) is 2.34. The van der Waals surface area contributed by atoms with Crippen molar-refractivity contribution in [3.63, 3.8) is 0 Å². The molecule has 2 atom stereocenters. The zero-order valence-corrected chi connectivity index (χ0v) is 27.5.